The molecule has 0 saturated heterocycles. The summed E-state index contributed by atoms with van der Waals surface area (Å²) in [5, 5.41) is 7.01. The molecule has 2 atom stereocenters. The first kappa shape index (κ1) is 13.6. The molecule has 106 valence electrons. The highest BCUT2D eigenvalue weighted by molar-refractivity contribution is 7.80. The van der Waals surface area contributed by atoms with Gasteiger partial charge in [0.05, 0.1) is 6.04 Å². The van der Waals surface area contributed by atoms with E-state index in [9.17, 15) is 0 Å². The summed E-state index contributed by atoms with van der Waals surface area (Å²) in [5.41, 5.74) is 8.47. The van der Waals surface area contributed by atoms with Crippen LogP contribution in [0.4, 0.5) is 0 Å². The van der Waals surface area contributed by atoms with Crippen LogP contribution in [0, 0.1) is 5.92 Å². The molecule has 3 rings (SSSR count). The van der Waals surface area contributed by atoms with Gasteiger partial charge in [-0.2, -0.15) is 5.10 Å². The highest BCUT2D eigenvalue weighted by Gasteiger charge is 2.39. The Hall–Kier alpha value is -1.42. The number of rotatable bonds is 1. The van der Waals surface area contributed by atoms with Gasteiger partial charge in [0.15, 0.2) is 5.11 Å². The molecule has 20 heavy (non-hydrogen) atoms. The Kier molecular flexibility index (Phi) is 4.01. The molecule has 1 heterocycles. The van der Waals surface area contributed by atoms with E-state index in [-0.39, 0.29) is 6.04 Å². The number of fused-ring (bicyclic) bond motifs is 1. The second kappa shape index (κ2) is 5.92. The molecule has 1 saturated carbocycles. The second-order valence-electron chi connectivity index (χ2n) is 5.69. The number of benzene rings is 1. The molecule has 0 amide bonds. The molecule has 3 nitrogen and oxygen atoms in total. The Morgan fingerprint density at radius 1 is 1.15 bits per heavy atom. The van der Waals surface area contributed by atoms with E-state index in [4.69, 9.17) is 23.1 Å². The lowest BCUT2D eigenvalue weighted by Crippen LogP contribution is -2.34. The van der Waals surface area contributed by atoms with Gasteiger partial charge in [-0.05, 0) is 37.0 Å². The zero-order valence-corrected chi connectivity index (χ0v) is 12.5. The Balaban J connectivity index is 1.95. The lowest BCUT2D eigenvalue weighted by atomic mass is 9.82. The molecule has 2 aliphatic rings. The normalized spacial score (nSPS) is 26.4. The lowest BCUT2D eigenvalue weighted by molar-refractivity contribution is 0.303. The van der Waals surface area contributed by atoms with Crippen molar-refractivity contribution in [1.82, 2.24) is 5.01 Å². The van der Waals surface area contributed by atoms with Gasteiger partial charge in [-0.15, -0.1) is 0 Å². The minimum Gasteiger partial charge on any atom is -0.375 e. The van der Waals surface area contributed by atoms with Crippen LogP contribution in [0.1, 0.15) is 50.1 Å². The lowest BCUT2D eigenvalue weighted by Gasteiger charge is -2.28. The van der Waals surface area contributed by atoms with Crippen molar-refractivity contribution in [2.75, 3.05) is 0 Å². The third-order valence-corrected chi connectivity index (χ3v) is 4.56. The van der Waals surface area contributed by atoms with Gasteiger partial charge in [0, 0.05) is 11.6 Å². The first-order chi connectivity index (χ1) is 9.77. The maximum Gasteiger partial charge on any atom is 0.187 e. The largest absolute Gasteiger partial charge is 0.375 e. The fraction of sp³-hybridized carbons (Fsp3) is 0.500. The molecule has 0 bridgehead atoms. The summed E-state index contributed by atoms with van der Waals surface area (Å²) in [6.07, 6.45) is 7.44. The summed E-state index contributed by atoms with van der Waals surface area (Å²) in [6.45, 7) is 0. The van der Waals surface area contributed by atoms with Crippen LogP contribution in [0.25, 0.3) is 0 Å². The van der Waals surface area contributed by atoms with Crippen LogP contribution in [0.3, 0.4) is 0 Å². The van der Waals surface area contributed by atoms with E-state index in [0.29, 0.717) is 11.0 Å². The molecule has 0 unspecified atom stereocenters. The number of hydrogen-bond donors (Lipinski definition) is 1. The van der Waals surface area contributed by atoms with Crippen molar-refractivity contribution in [3.05, 3.63) is 35.9 Å². The summed E-state index contributed by atoms with van der Waals surface area (Å²) in [7, 11) is 0. The summed E-state index contributed by atoms with van der Waals surface area (Å²) >= 11 is 5.22. The first-order valence-corrected chi connectivity index (χ1v) is 7.89. The Bertz CT molecular complexity index is 512. The molecule has 1 fully saturated rings. The van der Waals surface area contributed by atoms with Crippen molar-refractivity contribution in [2.45, 2.75) is 44.6 Å². The maximum atomic E-state index is 5.91. The Morgan fingerprint density at radius 3 is 2.65 bits per heavy atom. The van der Waals surface area contributed by atoms with Gasteiger partial charge in [-0.25, -0.2) is 5.01 Å². The molecule has 1 aromatic rings. The van der Waals surface area contributed by atoms with Crippen LogP contribution in [0.15, 0.2) is 35.4 Å². The molecule has 0 aromatic heterocycles. The number of thiocarbonyl (C=S) groups is 1. The summed E-state index contributed by atoms with van der Waals surface area (Å²) < 4.78 is 0. The standard InChI is InChI=1S/C16H21N3S/c17-16(20)19-15(12-8-4-3-5-9-12)13-10-6-1-2-7-11-14(13)18-19/h3-5,8-9,13,15H,1-2,6-7,10-11H2,(H2,17,20)/t13-,15+/m1/s1. The van der Waals surface area contributed by atoms with Gasteiger partial charge in [0.1, 0.15) is 0 Å². The minimum atomic E-state index is 0.196. The molecule has 0 spiro atoms. The Labute approximate surface area is 125 Å². The molecule has 1 aliphatic carbocycles. The predicted octanol–water partition coefficient (Wildman–Crippen LogP) is 3.61. The van der Waals surface area contributed by atoms with E-state index in [0.717, 1.165) is 6.42 Å². The molecule has 1 aliphatic heterocycles. The van der Waals surface area contributed by atoms with Gasteiger partial charge >= 0.3 is 0 Å². The highest BCUT2D eigenvalue weighted by Crippen LogP contribution is 2.40. The van der Waals surface area contributed by atoms with Crippen LogP contribution in [-0.4, -0.2) is 15.8 Å². The van der Waals surface area contributed by atoms with Crippen LogP contribution < -0.4 is 5.73 Å². The molecule has 1 aromatic carbocycles. The van der Waals surface area contributed by atoms with Crippen LogP contribution >= 0.6 is 12.2 Å². The topological polar surface area (TPSA) is 41.6 Å². The number of hydrazone groups is 1. The van der Waals surface area contributed by atoms with Gasteiger partial charge in [-0.3, -0.25) is 0 Å². The van der Waals surface area contributed by atoms with Crippen LogP contribution in [0.5, 0.6) is 0 Å². The second-order valence-corrected chi connectivity index (χ2v) is 6.11. The van der Waals surface area contributed by atoms with Crippen molar-refractivity contribution in [1.29, 1.82) is 0 Å². The monoisotopic (exact) mass is 287 g/mol. The van der Waals surface area contributed by atoms with Crippen molar-refractivity contribution < 1.29 is 0 Å². The molecule has 0 radical (unpaired) electrons. The van der Waals surface area contributed by atoms with Crippen molar-refractivity contribution in [3.63, 3.8) is 0 Å². The average Bonchev–Trinajstić information content (AvgIpc) is 2.78. The number of hydrogen-bond acceptors (Lipinski definition) is 2. The van der Waals surface area contributed by atoms with Gasteiger partial charge in [-0.1, -0.05) is 49.6 Å². The average molecular weight is 287 g/mol. The first-order valence-electron chi connectivity index (χ1n) is 7.48. The quantitative estimate of drug-likeness (QED) is 0.802. The van der Waals surface area contributed by atoms with Crippen LogP contribution in [-0.2, 0) is 0 Å². The fourth-order valence-corrected chi connectivity index (χ4v) is 3.58. The summed E-state index contributed by atoms with van der Waals surface area (Å²) in [4.78, 5) is 0. The van der Waals surface area contributed by atoms with E-state index in [1.54, 1.807) is 0 Å². The maximum absolute atomic E-state index is 5.91. The molecular formula is C16H21N3S. The van der Waals surface area contributed by atoms with E-state index < -0.39 is 0 Å². The number of nitrogens with two attached hydrogens (primary N) is 1. The van der Waals surface area contributed by atoms with Gasteiger partial charge in [0.25, 0.3) is 0 Å². The SMILES string of the molecule is NC(=S)N1N=C2CCCCCC[C@H]2[C@@H]1c1ccccc1. The Morgan fingerprint density at radius 2 is 1.90 bits per heavy atom. The molecular weight excluding hydrogens is 266 g/mol. The summed E-state index contributed by atoms with van der Waals surface area (Å²) in [6, 6.07) is 10.7. The van der Waals surface area contributed by atoms with Gasteiger partial charge in [0.2, 0.25) is 0 Å². The van der Waals surface area contributed by atoms with Crippen molar-refractivity contribution in [2.24, 2.45) is 16.8 Å². The zero-order chi connectivity index (χ0) is 13.9. The zero-order valence-electron chi connectivity index (χ0n) is 11.7. The predicted molar refractivity (Wildman–Crippen MR) is 86.4 cm³/mol. The molecule has 4 heteroatoms. The van der Waals surface area contributed by atoms with E-state index in [1.807, 2.05) is 11.1 Å². The van der Waals surface area contributed by atoms with Crippen molar-refractivity contribution in [3.8, 4) is 0 Å². The number of nitrogens with zero attached hydrogens (tertiary/aromatic N) is 2. The highest BCUT2D eigenvalue weighted by atomic mass is 32.1. The fourth-order valence-electron chi connectivity index (χ4n) is 3.42. The van der Waals surface area contributed by atoms with E-state index in [1.165, 1.54) is 43.4 Å². The van der Waals surface area contributed by atoms with Crippen LogP contribution in [0.2, 0.25) is 0 Å². The smallest absolute Gasteiger partial charge is 0.187 e. The van der Waals surface area contributed by atoms with Gasteiger partial charge < -0.3 is 5.73 Å². The van der Waals surface area contributed by atoms with Crippen molar-refractivity contribution >= 4 is 23.0 Å². The molecule has 2 N–H and O–H groups in total. The third-order valence-electron chi connectivity index (χ3n) is 4.37. The van der Waals surface area contributed by atoms with E-state index in [2.05, 4.69) is 24.3 Å². The third kappa shape index (κ3) is 2.57. The minimum absolute atomic E-state index is 0.196. The summed E-state index contributed by atoms with van der Waals surface area (Å²) in [5.74, 6) is 0.471. The van der Waals surface area contributed by atoms with E-state index >= 15 is 0 Å².